The second kappa shape index (κ2) is 11.1. The average molecular weight is 540 g/mol. The molecule has 0 saturated carbocycles. The largest absolute Gasteiger partial charge is 0.305 e. The maximum Gasteiger partial charge on any atom is 0.244 e. The fraction of sp³-hybridized carbons (Fsp3) is 0.156. The van der Waals surface area contributed by atoms with Gasteiger partial charge in [-0.25, -0.2) is 9.13 Å². The van der Waals surface area contributed by atoms with E-state index in [0.717, 1.165) is 34.1 Å². The Morgan fingerprint density at radius 2 is 0.974 bits per heavy atom. The molecule has 0 unspecified atom stereocenters. The van der Waals surface area contributed by atoms with Crippen molar-refractivity contribution in [3.8, 4) is 0 Å². The van der Waals surface area contributed by atoms with Gasteiger partial charge in [-0.1, -0.05) is 135 Å². The maximum absolute atomic E-state index is 15.8. The number of imidazole rings is 1. The van der Waals surface area contributed by atoms with Crippen molar-refractivity contribution in [3.05, 3.63) is 128 Å². The van der Waals surface area contributed by atoms with Gasteiger partial charge in [-0.05, 0) is 6.42 Å². The van der Waals surface area contributed by atoms with E-state index in [1.54, 1.807) is 0 Å². The second-order valence-corrected chi connectivity index (χ2v) is 14.8. The van der Waals surface area contributed by atoms with Crippen LogP contribution in [0, 0.1) is 0 Å². The molecule has 0 aliphatic heterocycles. The molecule has 5 rings (SSSR count). The first-order chi connectivity index (χ1) is 18.5. The van der Waals surface area contributed by atoms with Gasteiger partial charge in [-0.15, -0.1) is 0 Å². The summed E-state index contributed by atoms with van der Waals surface area (Å²) >= 11 is 0. The third-order valence-corrected chi connectivity index (χ3v) is 13.4. The lowest BCUT2D eigenvalue weighted by Gasteiger charge is -2.23. The minimum Gasteiger partial charge on any atom is -0.305 e. The number of benzene rings is 4. The zero-order valence-electron chi connectivity index (χ0n) is 21.9. The van der Waals surface area contributed by atoms with Gasteiger partial charge in [0.15, 0.2) is 0 Å². The van der Waals surface area contributed by atoms with E-state index in [1.165, 1.54) is 0 Å². The predicted octanol–water partition coefficient (Wildman–Crippen LogP) is 4.39. The van der Waals surface area contributed by atoms with E-state index < -0.39 is 14.3 Å². The molecule has 0 radical (unpaired) electrons. The summed E-state index contributed by atoms with van der Waals surface area (Å²) in [6, 6.07) is 38.6. The molecule has 0 amide bonds. The third-order valence-electron chi connectivity index (χ3n) is 6.95. The van der Waals surface area contributed by atoms with Crippen molar-refractivity contribution >= 4 is 46.4 Å². The average Bonchev–Trinajstić information content (AvgIpc) is 3.33. The highest BCUT2D eigenvalue weighted by molar-refractivity contribution is 7.90. The molecule has 6 heteroatoms. The van der Waals surface area contributed by atoms with Crippen molar-refractivity contribution in [1.82, 2.24) is 4.57 Å². The fourth-order valence-electron chi connectivity index (χ4n) is 5.12. The summed E-state index contributed by atoms with van der Waals surface area (Å²) in [4.78, 5) is 0. The topological polar surface area (TPSA) is 43.0 Å². The Morgan fingerprint density at radius 1 is 0.605 bits per heavy atom. The SMILES string of the molecule is CCCCn1c[n+](C)c(P(=O)(c2ccccc2)c2ccccc2)c1P(=O)(c1ccccc1)c1ccccc1. The van der Waals surface area contributed by atoms with Crippen LogP contribution in [0.4, 0.5) is 0 Å². The highest BCUT2D eigenvalue weighted by atomic mass is 31.2. The Balaban J connectivity index is 1.94. The van der Waals surface area contributed by atoms with Crippen LogP contribution >= 0.6 is 14.3 Å². The molecule has 38 heavy (non-hydrogen) atoms. The van der Waals surface area contributed by atoms with Crippen LogP contribution in [0.2, 0.25) is 0 Å². The maximum atomic E-state index is 15.8. The molecule has 4 nitrogen and oxygen atoms in total. The van der Waals surface area contributed by atoms with E-state index in [4.69, 9.17) is 0 Å². The lowest BCUT2D eigenvalue weighted by molar-refractivity contribution is -0.653. The van der Waals surface area contributed by atoms with Crippen molar-refractivity contribution < 1.29 is 13.7 Å². The number of hydrogen-bond donors (Lipinski definition) is 0. The number of aromatic nitrogens is 2. The van der Waals surface area contributed by atoms with Crippen LogP contribution < -0.4 is 36.7 Å². The van der Waals surface area contributed by atoms with E-state index >= 15 is 9.13 Å². The molecule has 0 saturated heterocycles. The molecule has 0 spiro atoms. The van der Waals surface area contributed by atoms with E-state index in [1.807, 2.05) is 139 Å². The summed E-state index contributed by atoms with van der Waals surface area (Å²) in [7, 11) is -4.94. The van der Waals surface area contributed by atoms with Crippen LogP contribution in [0.15, 0.2) is 128 Å². The summed E-state index contributed by atoms with van der Waals surface area (Å²) in [6.07, 6.45) is 3.90. The normalized spacial score (nSPS) is 11.9. The standard InChI is InChI=1S/C32H33N2O2P2/c1-3-4-25-34-26-33(2)31(37(35,27-17-9-5-10-18-27)28-19-11-6-12-20-28)32(34)38(36,29-21-13-7-14-22-29)30-23-15-8-16-24-30/h5-24,26H,3-4,25H2,1-2H3/q+1. The van der Waals surface area contributed by atoms with E-state index in [-0.39, 0.29) is 0 Å². The molecule has 0 aliphatic carbocycles. The van der Waals surface area contributed by atoms with Crippen molar-refractivity contribution in [1.29, 1.82) is 0 Å². The smallest absolute Gasteiger partial charge is 0.244 e. The first-order valence-corrected chi connectivity index (χ1v) is 16.4. The van der Waals surface area contributed by atoms with Gasteiger partial charge in [0.05, 0.1) is 13.6 Å². The van der Waals surface area contributed by atoms with Gasteiger partial charge in [-0.3, -0.25) is 0 Å². The quantitative estimate of drug-likeness (QED) is 0.206. The van der Waals surface area contributed by atoms with Crippen LogP contribution in [0.1, 0.15) is 19.8 Å². The van der Waals surface area contributed by atoms with Crippen molar-refractivity contribution in [2.24, 2.45) is 7.05 Å². The minimum atomic E-state index is -3.44. The summed E-state index contributed by atoms with van der Waals surface area (Å²) in [5, 5.41) is 2.92. The van der Waals surface area contributed by atoms with Crippen LogP contribution in [0.5, 0.6) is 0 Å². The molecular weight excluding hydrogens is 506 g/mol. The van der Waals surface area contributed by atoms with Crippen molar-refractivity contribution in [3.63, 3.8) is 0 Å². The number of unbranched alkanes of at least 4 members (excludes halogenated alkanes) is 1. The molecule has 0 aliphatic rings. The zero-order valence-corrected chi connectivity index (χ0v) is 23.6. The highest BCUT2D eigenvalue weighted by Crippen LogP contribution is 2.47. The summed E-state index contributed by atoms with van der Waals surface area (Å²) < 4.78 is 35.5. The monoisotopic (exact) mass is 539 g/mol. The first-order valence-electron chi connectivity index (χ1n) is 13.0. The summed E-state index contributed by atoms with van der Waals surface area (Å²) in [5.41, 5.74) is 1.25. The Labute approximate surface area is 225 Å². The first kappa shape index (κ1) is 26.2. The van der Waals surface area contributed by atoms with Gasteiger partial charge in [0.1, 0.15) is 0 Å². The molecule has 4 aromatic carbocycles. The van der Waals surface area contributed by atoms with E-state index in [2.05, 4.69) is 11.5 Å². The molecular formula is C32H33N2O2P2+. The zero-order chi connectivity index (χ0) is 26.6. The molecule has 0 bridgehead atoms. The van der Waals surface area contributed by atoms with E-state index in [9.17, 15) is 0 Å². The van der Waals surface area contributed by atoms with Gasteiger partial charge in [0.25, 0.3) is 0 Å². The van der Waals surface area contributed by atoms with Crippen LogP contribution in [-0.2, 0) is 22.7 Å². The Hall–Kier alpha value is -3.45. The van der Waals surface area contributed by atoms with Gasteiger partial charge >= 0.3 is 0 Å². The lowest BCUT2D eigenvalue weighted by atomic mass is 10.3. The van der Waals surface area contributed by atoms with E-state index in [0.29, 0.717) is 17.4 Å². The summed E-state index contributed by atoms with van der Waals surface area (Å²) in [6.45, 7) is 2.84. The van der Waals surface area contributed by atoms with Crippen molar-refractivity contribution in [2.75, 3.05) is 0 Å². The van der Waals surface area contributed by atoms with Gasteiger partial charge in [0, 0.05) is 21.2 Å². The molecule has 1 aromatic heterocycles. The van der Waals surface area contributed by atoms with Gasteiger partial charge in [-0.2, -0.15) is 0 Å². The Morgan fingerprint density at radius 3 is 1.34 bits per heavy atom. The lowest BCUT2D eigenvalue weighted by Crippen LogP contribution is -2.52. The predicted molar refractivity (Wildman–Crippen MR) is 159 cm³/mol. The Bertz CT molecular complexity index is 1510. The molecule has 1 heterocycles. The molecule has 0 atom stereocenters. The minimum absolute atomic E-state index is 0.613. The van der Waals surface area contributed by atoms with Crippen LogP contribution in [0.25, 0.3) is 0 Å². The van der Waals surface area contributed by atoms with Crippen LogP contribution in [-0.4, -0.2) is 4.57 Å². The van der Waals surface area contributed by atoms with Gasteiger partial charge < -0.3 is 9.13 Å². The number of nitrogens with zero attached hydrogens (tertiary/aromatic N) is 2. The molecule has 0 N–H and O–H groups in total. The number of aryl methyl sites for hydroxylation is 2. The van der Waals surface area contributed by atoms with Crippen molar-refractivity contribution in [2.45, 2.75) is 26.3 Å². The fourth-order valence-corrected chi connectivity index (χ4v) is 11.8. The highest BCUT2D eigenvalue weighted by Gasteiger charge is 2.48. The molecule has 0 fully saturated rings. The molecule has 5 aromatic rings. The second-order valence-electron chi connectivity index (χ2n) is 9.48. The number of rotatable bonds is 9. The Kier molecular flexibility index (Phi) is 7.65. The molecule has 192 valence electrons. The number of hydrogen-bond acceptors (Lipinski definition) is 2. The summed E-state index contributed by atoms with van der Waals surface area (Å²) in [5.74, 6) is 0. The third kappa shape index (κ3) is 4.53. The van der Waals surface area contributed by atoms with Gasteiger partial charge in [0.2, 0.25) is 31.5 Å². The van der Waals surface area contributed by atoms with Crippen LogP contribution in [0.3, 0.4) is 0 Å².